The second kappa shape index (κ2) is 8.89. The van der Waals surface area contributed by atoms with Crippen molar-refractivity contribution in [2.45, 2.75) is 31.5 Å². The fraction of sp³-hybridized carbons (Fsp3) is 0.318. The zero-order valence-electron chi connectivity index (χ0n) is 16.5. The number of ether oxygens (including phenoxy) is 1. The average molecular weight is 431 g/mol. The Morgan fingerprint density at radius 2 is 2.16 bits per heavy atom. The highest BCUT2D eigenvalue weighted by Crippen LogP contribution is 2.24. The minimum Gasteiger partial charge on any atom is -0.393 e. The molecule has 1 fully saturated rings. The molecule has 0 N–H and O–H groups in total. The van der Waals surface area contributed by atoms with Gasteiger partial charge in [0.2, 0.25) is 0 Å². The molecule has 9 heteroatoms. The van der Waals surface area contributed by atoms with E-state index in [4.69, 9.17) is 9.57 Å². The molecule has 1 aliphatic rings. The summed E-state index contributed by atoms with van der Waals surface area (Å²) in [5.74, 6) is -0.438. The largest absolute Gasteiger partial charge is 0.393 e. The molecule has 1 unspecified atom stereocenters. The molecule has 1 aliphatic heterocycles. The van der Waals surface area contributed by atoms with Crippen LogP contribution >= 0.6 is 0 Å². The molecule has 1 aromatic carbocycles. The zero-order valence-corrected chi connectivity index (χ0v) is 16.5. The van der Waals surface area contributed by atoms with E-state index in [2.05, 4.69) is 10.1 Å². The third-order valence-electron chi connectivity index (χ3n) is 4.79. The smallest absolute Gasteiger partial charge is 0.389 e. The van der Waals surface area contributed by atoms with Crippen LogP contribution in [0.3, 0.4) is 0 Å². The lowest BCUT2D eigenvalue weighted by molar-refractivity contribution is -0.143. The van der Waals surface area contributed by atoms with Crippen LogP contribution in [-0.4, -0.2) is 46.9 Å². The van der Waals surface area contributed by atoms with Gasteiger partial charge in [0.1, 0.15) is 24.1 Å². The summed E-state index contributed by atoms with van der Waals surface area (Å²) in [6.07, 6.45) is -0.655. The molecule has 6 nitrogen and oxygen atoms in total. The van der Waals surface area contributed by atoms with Crippen molar-refractivity contribution in [1.29, 1.82) is 0 Å². The van der Waals surface area contributed by atoms with E-state index in [-0.39, 0.29) is 12.5 Å². The number of oxime groups is 1. The van der Waals surface area contributed by atoms with Crippen molar-refractivity contribution in [2.75, 3.05) is 13.2 Å². The minimum atomic E-state index is -4.32. The Labute approximate surface area is 176 Å². The quantitative estimate of drug-likeness (QED) is 0.289. The number of nitrogens with zero attached hydrogens (tertiary/aromatic N) is 3. The van der Waals surface area contributed by atoms with E-state index in [9.17, 15) is 18.0 Å². The molecule has 3 aromatic rings. The van der Waals surface area contributed by atoms with Gasteiger partial charge in [0.05, 0.1) is 31.1 Å². The van der Waals surface area contributed by atoms with Gasteiger partial charge in [0.15, 0.2) is 0 Å². The van der Waals surface area contributed by atoms with Gasteiger partial charge in [-0.3, -0.25) is 9.20 Å². The van der Waals surface area contributed by atoms with Crippen LogP contribution in [0.15, 0.2) is 53.9 Å². The summed E-state index contributed by atoms with van der Waals surface area (Å²) in [6, 6.07) is 10.9. The molecule has 0 spiro atoms. The highest BCUT2D eigenvalue weighted by atomic mass is 19.4. The summed E-state index contributed by atoms with van der Waals surface area (Å²) in [5, 5.41) is 3.92. The number of carbonyl (C=O) groups is 1. The van der Waals surface area contributed by atoms with Crippen LogP contribution < -0.4 is 0 Å². The normalized spacial score (nSPS) is 16.2. The Balaban J connectivity index is 1.45. The molecule has 31 heavy (non-hydrogen) atoms. The monoisotopic (exact) mass is 431 g/mol. The van der Waals surface area contributed by atoms with Crippen LogP contribution in [0, 0.1) is 0 Å². The molecule has 2 aromatic heterocycles. The lowest BCUT2D eigenvalue weighted by Crippen LogP contribution is -2.12. The third-order valence-corrected chi connectivity index (χ3v) is 4.79. The van der Waals surface area contributed by atoms with Crippen molar-refractivity contribution >= 4 is 17.6 Å². The molecule has 0 amide bonds. The van der Waals surface area contributed by atoms with Gasteiger partial charge in [-0.2, -0.15) is 13.2 Å². The van der Waals surface area contributed by atoms with Gasteiger partial charge in [-0.25, -0.2) is 4.98 Å². The second-order valence-corrected chi connectivity index (χ2v) is 7.35. The van der Waals surface area contributed by atoms with E-state index in [0.717, 1.165) is 16.8 Å². The van der Waals surface area contributed by atoms with Crippen LogP contribution in [0.1, 0.15) is 24.0 Å². The number of epoxide rings is 1. The third kappa shape index (κ3) is 5.91. The maximum atomic E-state index is 12.3. The van der Waals surface area contributed by atoms with Crippen molar-refractivity contribution in [3.05, 3.63) is 59.9 Å². The first-order valence-corrected chi connectivity index (χ1v) is 9.79. The van der Waals surface area contributed by atoms with Crippen molar-refractivity contribution in [3.63, 3.8) is 0 Å². The van der Waals surface area contributed by atoms with Gasteiger partial charge in [0, 0.05) is 30.2 Å². The summed E-state index contributed by atoms with van der Waals surface area (Å²) < 4.78 is 43.9. The zero-order chi connectivity index (χ0) is 21.8. The van der Waals surface area contributed by atoms with Gasteiger partial charge in [-0.05, 0) is 23.8 Å². The maximum absolute atomic E-state index is 12.3. The number of hydrogen-bond acceptors (Lipinski definition) is 5. The first kappa shape index (κ1) is 21.0. The second-order valence-electron chi connectivity index (χ2n) is 7.35. The molecule has 162 valence electrons. The fourth-order valence-corrected chi connectivity index (χ4v) is 3.12. The molecule has 0 radical (unpaired) electrons. The fourth-order valence-electron chi connectivity index (χ4n) is 3.12. The Hall–Kier alpha value is -3.20. The Bertz CT molecular complexity index is 1100. The van der Waals surface area contributed by atoms with Crippen LogP contribution in [0.25, 0.3) is 16.9 Å². The van der Waals surface area contributed by atoms with E-state index in [1.165, 1.54) is 0 Å². The van der Waals surface area contributed by atoms with Gasteiger partial charge in [0.25, 0.3) is 0 Å². The number of rotatable bonds is 9. The van der Waals surface area contributed by atoms with E-state index in [0.29, 0.717) is 24.4 Å². The Morgan fingerprint density at radius 1 is 1.32 bits per heavy atom. The molecule has 0 bridgehead atoms. The van der Waals surface area contributed by atoms with Crippen LogP contribution in [-0.2, 0) is 20.8 Å². The number of hydrogen-bond donors (Lipinski definition) is 0. The van der Waals surface area contributed by atoms with Crippen molar-refractivity contribution in [2.24, 2.45) is 5.16 Å². The summed E-state index contributed by atoms with van der Waals surface area (Å²) in [4.78, 5) is 21.5. The number of pyridine rings is 1. The topological polar surface area (TPSA) is 68.5 Å². The number of imidazole rings is 1. The standard InChI is InChI=1S/C22H20F3N3O3/c23-22(24,25)6-4-18(29)9-15-2-1-3-17(8-15)20-12-26-21-10-16(5-7-28(20)21)11-27-31-14-19-13-30-19/h1-3,5,7-8,10-12,19H,4,6,9,13-14H2. The molecule has 3 heterocycles. The lowest BCUT2D eigenvalue weighted by Gasteiger charge is -2.07. The first-order valence-electron chi connectivity index (χ1n) is 9.79. The average Bonchev–Trinajstić information content (AvgIpc) is 3.46. The van der Waals surface area contributed by atoms with Gasteiger partial charge in [-0.15, -0.1) is 0 Å². The van der Waals surface area contributed by atoms with Crippen molar-refractivity contribution in [1.82, 2.24) is 9.38 Å². The van der Waals surface area contributed by atoms with E-state index < -0.39 is 24.8 Å². The summed E-state index contributed by atoms with van der Waals surface area (Å²) in [7, 11) is 0. The summed E-state index contributed by atoms with van der Waals surface area (Å²) in [5.41, 5.74) is 3.83. The number of alkyl halides is 3. The molecular weight excluding hydrogens is 411 g/mol. The maximum Gasteiger partial charge on any atom is 0.389 e. The predicted molar refractivity (Wildman–Crippen MR) is 108 cm³/mol. The summed E-state index contributed by atoms with van der Waals surface area (Å²) in [6.45, 7) is 1.14. The van der Waals surface area contributed by atoms with E-state index in [1.807, 2.05) is 28.8 Å². The number of Topliss-reactive ketones (excluding diaryl/α,β-unsaturated/α-hetero) is 1. The Morgan fingerprint density at radius 3 is 2.94 bits per heavy atom. The number of benzene rings is 1. The number of halogens is 3. The minimum absolute atomic E-state index is 0.0346. The predicted octanol–water partition coefficient (Wildman–Crippen LogP) is 4.20. The summed E-state index contributed by atoms with van der Waals surface area (Å²) >= 11 is 0. The van der Waals surface area contributed by atoms with Gasteiger partial charge >= 0.3 is 6.18 Å². The highest BCUT2D eigenvalue weighted by Gasteiger charge is 2.27. The molecule has 1 atom stereocenters. The molecule has 1 saturated heterocycles. The number of carbonyl (C=O) groups excluding carboxylic acids is 1. The molecule has 0 saturated carbocycles. The molecule has 0 aliphatic carbocycles. The Kier molecular flexibility index (Phi) is 6.03. The SMILES string of the molecule is O=C(CCC(F)(F)F)Cc1cccc(-c2cnc3cc(C=NOCC4CO4)ccn23)c1. The highest BCUT2D eigenvalue weighted by molar-refractivity contribution is 5.82. The van der Waals surface area contributed by atoms with E-state index in [1.54, 1.807) is 30.6 Å². The van der Waals surface area contributed by atoms with Crippen molar-refractivity contribution < 1.29 is 27.5 Å². The van der Waals surface area contributed by atoms with Crippen LogP contribution in [0.5, 0.6) is 0 Å². The van der Waals surface area contributed by atoms with Crippen LogP contribution in [0.2, 0.25) is 0 Å². The number of aromatic nitrogens is 2. The van der Waals surface area contributed by atoms with Gasteiger partial charge < -0.3 is 9.57 Å². The molecular formula is C22H20F3N3O3. The van der Waals surface area contributed by atoms with E-state index >= 15 is 0 Å². The van der Waals surface area contributed by atoms with Crippen molar-refractivity contribution in [3.8, 4) is 11.3 Å². The lowest BCUT2D eigenvalue weighted by atomic mass is 10.0. The number of fused-ring (bicyclic) bond motifs is 1. The molecule has 4 rings (SSSR count). The first-order chi connectivity index (χ1) is 14.9. The van der Waals surface area contributed by atoms with Gasteiger partial charge in [-0.1, -0.05) is 23.4 Å². The number of ketones is 1. The van der Waals surface area contributed by atoms with Crippen LogP contribution in [0.4, 0.5) is 13.2 Å².